The standard InChI is InChI=1S/C22H38O3Si/c1-21-11-10-19-17(18(21)7-8-20(21)24)6-5-15-13-16(25-26(2,3)4)9-12-22(15,19)14-23/h5,16-20,23-24H,6-14H2,1-4H3/t16?,17-,18-,19+,20?,21-,22+/m0/s1. The lowest BCUT2D eigenvalue weighted by Gasteiger charge is -2.58. The molecule has 3 fully saturated rings. The zero-order valence-electron chi connectivity index (χ0n) is 17.1. The predicted molar refractivity (Wildman–Crippen MR) is 107 cm³/mol. The predicted octanol–water partition coefficient (Wildman–Crippen LogP) is 4.50. The molecular formula is C22H38O3Si. The molecule has 3 nitrogen and oxygen atoms in total. The number of fused-ring (bicyclic) bond motifs is 5. The van der Waals surface area contributed by atoms with Crippen molar-refractivity contribution in [2.45, 2.75) is 90.1 Å². The van der Waals surface area contributed by atoms with E-state index in [1.807, 2.05) is 0 Å². The molecular weight excluding hydrogens is 340 g/mol. The lowest BCUT2D eigenvalue weighted by Crippen LogP contribution is -2.54. The van der Waals surface area contributed by atoms with Gasteiger partial charge in [-0.1, -0.05) is 18.6 Å². The number of hydrogen-bond acceptors (Lipinski definition) is 3. The second-order valence-electron chi connectivity index (χ2n) is 10.9. The van der Waals surface area contributed by atoms with Crippen LogP contribution in [0.2, 0.25) is 19.6 Å². The number of hydrogen-bond donors (Lipinski definition) is 2. The van der Waals surface area contributed by atoms with E-state index in [4.69, 9.17) is 4.43 Å². The van der Waals surface area contributed by atoms with Gasteiger partial charge < -0.3 is 14.6 Å². The van der Waals surface area contributed by atoms with E-state index in [9.17, 15) is 10.2 Å². The Labute approximate surface area is 160 Å². The Morgan fingerprint density at radius 3 is 2.58 bits per heavy atom. The highest BCUT2D eigenvalue weighted by molar-refractivity contribution is 6.69. The highest BCUT2D eigenvalue weighted by atomic mass is 28.4. The molecule has 4 aliphatic carbocycles. The van der Waals surface area contributed by atoms with E-state index in [1.165, 1.54) is 18.4 Å². The molecule has 0 aromatic carbocycles. The summed E-state index contributed by atoms with van der Waals surface area (Å²) in [7, 11) is -1.52. The van der Waals surface area contributed by atoms with E-state index in [1.54, 1.807) is 0 Å². The summed E-state index contributed by atoms with van der Waals surface area (Å²) in [4.78, 5) is 0. The Kier molecular flexibility index (Phi) is 4.74. The molecule has 148 valence electrons. The van der Waals surface area contributed by atoms with Gasteiger partial charge in [0.25, 0.3) is 0 Å². The lowest BCUT2D eigenvalue weighted by molar-refractivity contribution is -0.0880. The average molecular weight is 379 g/mol. The van der Waals surface area contributed by atoms with E-state index in [2.05, 4.69) is 32.6 Å². The van der Waals surface area contributed by atoms with Crippen molar-refractivity contribution < 1.29 is 14.6 Å². The molecule has 4 aliphatic rings. The van der Waals surface area contributed by atoms with Crippen LogP contribution in [0.1, 0.15) is 58.3 Å². The Balaban J connectivity index is 1.60. The maximum Gasteiger partial charge on any atom is 0.184 e. The van der Waals surface area contributed by atoms with Gasteiger partial charge in [0.2, 0.25) is 0 Å². The summed E-state index contributed by atoms with van der Waals surface area (Å²) in [6, 6.07) is 0. The Bertz CT molecular complexity index is 582. The number of aliphatic hydroxyl groups is 2. The molecule has 4 heteroatoms. The van der Waals surface area contributed by atoms with Gasteiger partial charge in [0.1, 0.15) is 0 Å². The fraction of sp³-hybridized carbons (Fsp3) is 0.909. The van der Waals surface area contributed by atoms with Crippen LogP contribution in [0.25, 0.3) is 0 Å². The maximum absolute atomic E-state index is 10.6. The minimum absolute atomic E-state index is 0.00289. The first kappa shape index (κ1) is 19.2. The van der Waals surface area contributed by atoms with Crippen molar-refractivity contribution >= 4 is 8.32 Å². The van der Waals surface area contributed by atoms with Gasteiger partial charge in [-0.2, -0.15) is 0 Å². The summed E-state index contributed by atoms with van der Waals surface area (Å²) in [5, 5.41) is 21.2. The smallest absolute Gasteiger partial charge is 0.184 e. The van der Waals surface area contributed by atoms with E-state index in [0.717, 1.165) is 38.5 Å². The zero-order valence-corrected chi connectivity index (χ0v) is 18.1. The van der Waals surface area contributed by atoms with Gasteiger partial charge in [-0.15, -0.1) is 0 Å². The fourth-order valence-electron chi connectivity index (χ4n) is 7.29. The summed E-state index contributed by atoms with van der Waals surface area (Å²) in [6.45, 7) is 9.46. The summed E-state index contributed by atoms with van der Waals surface area (Å²) < 4.78 is 6.44. The van der Waals surface area contributed by atoms with E-state index in [0.29, 0.717) is 30.5 Å². The topological polar surface area (TPSA) is 49.7 Å². The van der Waals surface area contributed by atoms with Crippen molar-refractivity contribution in [2.75, 3.05) is 6.61 Å². The van der Waals surface area contributed by atoms with Gasteiger partial charge in [-0.05, 0) is 94.2 Å². The molecule has 4 rings (SSSR count). The van der Waals surface area contributed by atoms with Crippen molar-refractivity contribution in [1.82, 2.24) is 0 Å². The zero-order chi connectivity index (χ0) is 18.7. The average Bonchev–Trinajstić information content (AvgIpc) is 2.88. The molecule has 0 heterocycles. The normalized spacial score (nSPS) is 48.4. The van der Waals surface area contributed by atoms with Gasteiger partial charge in [0.05, 0.1) is 12.7 Å². The first-order valence-electron chi connectivity index (χ1n) is 10.9. The second-order valence-corrected chi connectivity index (χ2v) is 15.3. The molecule has 0 radical (unpaired) electrons. The molecule has 0 aromatic heterocycles. The van der Waals surface area contributed by atoms with E-state index < -0.39 is 8.32 Å². The Morgan fingerprint density at radius 1 is 1.12 bits per heavy atom. The number of aliphatic hydroxyl groups excluding tert-OH is 2. The molecule has 0 aliphatic heterocycles. The van der Waals surface area contributed by atoms with Gasteiger partial charge in [0.15, 0.2) is 8.32 Å². The van der Waals surface area contributed by atoms with Crippen LogP contribution in [0.3, 0.4) is 0 Å². The third-order valence-corrected chi connectivity index (χ3v) is 9.58. The van der Waals surface area contributed by atoms with Crippen LogP contribution in [0.15, 0.2) is 11.6 Å². The molecule has 0 saturated heterocycles. The monoisotopic (exact) mass is 378 g/mol. The largest absolute Gasteiger partial charge is 0.414 e. The lowest BCUT2D eigenvalue weighted by atomic mass is 9.47. The van der Waals surface area contributed by atoms with Crippen molar-refractivity contribution in [3.8, 4) is 0 Å². The molecule has 3 saturated carbocycles. The van der Waals surface area contributed by atoms with Crippen LogP contribution in [0, 0.1) is 28.6 Å². The van der Waals surface area contributed by atoms with E-state index in [-0.39, 0.29) is 16.9 Å². The van der Waals surface area contributed by atoms with Gasteiger partial charge in [-0.25, -0.2) is 0 Å². The van der Waals surface area contributed by atoms with Crippen LogP contribution in [0.4, 0.5) is 0 Å². The van der Waals surface area contributed by atoms with Crippen LogP contribution in [0.5, 0.6) is 0 Å². The first-order valence-corrected chi connectivity index (χ1v) is 14.3. The maximum atomic E-state index is 10.6. The highest BCUT2D eigenvalue weighted by Gasteiger charge is 2.59. The molecule has 2 N–H and O–H groups in total. The minimum Gasteiger partial charge on any atom is -0.414 e. The van der Waals surface area contributed by atoms with Crippen molar-refractivity contribution in [3.05, 3.63) is 11.6 Å². The number of allylic oxidation sites excluding steroid dienone is 1. The third kappa shape index (κ3) is 2.87. The molecule has 7 atom stereocenters. The molecule has 0 bridgehead atoms. The van der Waals surface area contributed by atoms with Gasteiger partial charge in [-0.3, -0.25) is 0 Å². The Morgan fingerprint density at radius 2 is 1.88 bits per heavy atom. The summed E-state index contributed by atoms with van der Waals surface area (Å²) in [6.07, 6.45) is 11.5. The van der Waals surface area contributed by atoms with Crippen LogP contribution >= 0.6 is 0 Å². The second kappa shape index (κ2) is 6.43. The molecule has 0 amide bonds. The summed E-state index contributed by atoms with van der Waals surface area (Å²) in [5.74, 6) is 1.88. The molecule has 2 unspecified atom stereocenters. The third-order valence-electron chi connectivity index (χ3n) is 8.54. The van der Waals surface area contributed by atoms with Gasteiger partial charge in [0, 0.05) is 11.5 Å². The van der Waals surface area contributed by atoms with Crippen molar-refractivity contribution in [1.29, 1.82) is 0 Å². The van der Waals surface area contributed by atoms with Crippen molar-refractivity contribution in [2.24, 2.45) is 28.6 Å². The Hall–Kier alpha value is -0.163. The minimum atomic E-state index is -1.52. The quantitative estimate of drug-likeness (QED) is 0.561. The molecule has 0 spiro atoms. The molecule has 0 aromatic rings. The van der Waals surface area contributed by atoms with Crippen LogP contribution in [-0.2, 0) is 4.43 Å². The summed E-state index contributed by atoms with van der Waals surface area (Å²) in [5.41, 5.74) is 1.61. The number of rotatable bonds is 3. The summed E-state index contributed by atoms with van der Waals surface area (Å²) >= 11 is 0. The SMILES string of the molecule is C[C@]12CC[C@@H]3[C@@H](CC=C4CC(O[Si](C)(C)C)CC[C@@]43CO)[C@@H]1CCC2O. The van der Waals surface area contributed by atoms with Gasteiger partial charge >= 0.3 is 0 Å². The van der Waals surface area contributed by atoms with Crippen LogP contribution in [-0.4, -0.2) is 37.3 Å². The fourth-order valence-corrected chi connectivity index (χ4v) is 8.49. The van der Waals surface area contributed by atoms with Crippen molar-refractivity contribution in [3.63, 3.8) is 0 Å². The molecule has 26 heavy (non-hydrogen) atoms. The highest BCUT2D eigenvalue weighted by Crippen LogP contribution is 2.64. The van der Waals surface area contributed by atoms with Crippen LogP contribution < -0.4 is 0 Å². The van der Waals surface area contributed by atoms with E-state index >= 15 is 0 Å². The first-order chi connectivity index (χ1) is 12.2.